The molecule has 0 bridgehead atoms. The van der Waals surface area contributed by atoms with Gasteiger partial charge in [-0.05, 0) is 22.4 Å². The van der Waals surface area contributed by atoms with E-state index in [4.69, 9.17) is 11.6 Å². The van der Waals surface area contributed by atoms with E-state index in [0.29, 0.717) is 0 Å². The van der Waals surface area contributed by atoms with E-state index in [1.54, 1.807) is 0 Å². The zero-order valence-corrected chi connectivity index (χ0v) is 11.9. The molecule has 94 valence electrons. The standard InChI is InChI=1S/C15H15ClN.ClH/c1-17(2)10-9-15(16)14-8-7-12-5-3-4-6-13(12)11-14;/h3-11H,1-2H3;1H/q+1;/p-1/b15-9-;. The van der Waals surface area contributed by atoms with Crippen molar-refractivity contribution in [3.63, 3.8) is 0 Å². The molecule has 0 amide bonds. The molecule has 0 aromatic heterocycles. The molecule has 0 N–H and O–H groups in total. The average molecular weight is 280 g/mol. The van der Waals surface area contributed by atoms with Crippen LogP contribution in [0.4, 0.5) is 0 Å². The number of rotatable bonds is 2. The molecular weight excluding hydrogens is 265 g/mol. The molecule has 0 unspecified atom stereocenters. The van der Waals surface area contributed by atoms with Gasteiger partial charge in [0.25, 0.3) is 0 Å². The SMILES string of the molecule is C[N+](C)=C/C=C(\Cl)c1ccc2ccccc2c1.[Cl-]. The predicted molar refractivity (Wildman–Crippen MR) is 76.0 cm³/mol. The molecular formula is C15H15Cl2N. The van der Waals surface area contributed by atoms with E-state index in [9.17, 15) is 0 Å². The zero-order chi connectivity index (χ0) is 12.3. The first-order valence-electron chi connectivity index (χ1n) is 5.53. The second kappa shape index (κ2) is 6.58. The highest BCUT2D eigenvalue weighted by Crippen LogP contribution is 2.23. The van der Waals surface area contributed by atoms with Crippen LogP contribution in [0, 0.1) is 0 Å². The minimum Gasteiger partial charge on any atom is -1.00 e. The second-order valence-corrected chi connectivity index (χ2v) is 4.60. The van der Waals surface area contributed by atoms with Gasteiger partial charge in [0.2, 0.25) is 0 Å². The van der Waals surface area contributed by atoms with Crippen LogP contribution in [0.15, 0.2) is 48.5 Å². The van der Waals surface area contributed by atoms with Crippen molar-refractivity contribution >= 4 is 33.6 Å². The van der Waals surface area contributed by atoms with E-state index >= 15 is 0 Å². The minimum atomic E-state index is 0. The van der Waals surface area contributed by atoms with Crippen molar-refractivity contribution in [1.29, 1.82) is 0 Å². The number of allylic oxidation sites excluding steroid dienone is 1. The first-order valence-corrected chi connectivity index (χ1v) is 5.91. The highest BCUT2D eigenvalue weighted by molar-refractivity contribution is 6.49. The molecule has 0 spiro atoms. The molecule has 0 atom stereocenters. The maximum absolute atomic E-state index is 6.25. The minimum absolute atomic E-state index is 0. The van der Waals surface area contributed by atoms with E-state index in [2.05, 4.69) is 24.3 Å². The van der Waals surface area contributed by atoms with Crippen molar-refractivity contribution in [2.45, 2.75) is 0 Å². The van der Waals surface area contributed by atoms with E-state index in [-0.39, 0.29) is 12.4 Å². The Balaban J connectivity index is 0.00000162. The Morgan fingerprint density at radius 1 is 1.06 bits per heavy atom. The van der Waals surface area contributed by atoms with Crippen LogP contribution in [0.3, 0.4) is 0 Å². The van der Waals surface area contributed by atoms with Crippen LogP contribution in [0.25, 0.3) is 15.8 Å². The van der Waals surface area contributed by atoms with Gasteiger partial charge in [-0.2, -0.15) is 0 Å². The molecule has 0 saturated heterocycles. The average Bonchev–Trinajstić information content (AvgIpc) is 2.35. The summed E-state index contributed by atoms with van der Waals surface area (Å²) in [5.41, 5.74) is 1.04. The first-order chi connectivity index (χ1) is 8.16. The second-order valence-electron chi connectivity index (χ2n) is 4.19. The number of benzene rings is 2. The number of nitrogens with zero attached hydrogens (tertiary/aromatic N) is 1. The highest BCUT2D eigenvalue weighted by atomic mass is 35.5. The van der Waals surface area contributed by atoms with Crippen LogP contribution >= 0.6 is 11.6 Å². The summed E-state index contributed by atoms with van der Waals surface area (Å²) in [4.78, 5) is 0. The number of hydrogen-bond acceptors (Lipinski definition) is 0. The molecule has 1 nitrogen and oxygen atoms in total. The molecule has 0 heterocycles. The van der Waals surface area contributed by atoms with Gasteiger partial charge in [0.05, 0.1) is 5.03 Å². The molecule has 2 rings (SSSR count). The summed E-state index contributed by atoms with van der Waals surface area (Å²) in [7, 11) is 3.95. The zero-order valence-electron chi connectivity index (χ0n) is 10.4. The van der Waals surface area contributed by atoms with E-state index < -0.39 is 0 Å². The lowest BCUT2D eigenvalue weighted by Gasteiger charge is -2.01. The summed E-state index contributed by atoms with van der Waals surface area (Å²) >= 11 is 6.25. The van der Waals surface area contributed by atoms with Gasteiger partial charge in [-0.1, -0.05) is 48.0 Å². The molecule has 0 fully saturated rings. The lowest BCUT2D eigenvalue weighted by atomic mass is 10.1. The smallest absolute Gasteiger partial charge is 0.164 e. The Bertz CT molecular complexity index is 596. The predicted octanol–water partition coefficient (Wildman–Crippen LogP) is 0.766. The van der Waals surface area contributed by atoms with Crippen LogP contribution < -0.4 is 12.4 Å². The van der Waals surface area contributed by atoms with Gasteiger partial charge in [0.1, 0.15) is 14.1 Å². The lowest BCUT2D eigenvalue weighted by Crippen LogP contribution is -3.00. The number of hydrogen-bond donors (Lipinski definition) is 0. The van der Waals surface area contributed by atoms with Crippen LogP contribution in [0.2, 0.25) is 0 Å². The fourth-order valence-electron chi connectivity index (χ4n) is 1.65. The molecule has 0 aliphatic heterocycles. The maximum Gasteiger partial charge on any atom is 0.164 e. The Morgan fingerprint density at radius 2 is 1.72 bits per heavy atom. The Morgan fingerprint density at radius 3 is 2.39 bits per heavy atom. The summed E-state index contributed by atoms with van der Waals surface area (Å²) in [5.74, 6) is 0. The first kappa shape index (κ1) is 14.7. The van der Waals surface area contributed by atoms with Crippen molar-refractivity contribution in [2.75, 3.05) is 14.1 Å². The Kier molecular flexibility index (Phi) is 5.39. The molecule has 0 aliphatic rings. The number of fused-ring (bicyclic) bond motifs is 1. The number of halogens is 2. The largest absolute Gasteiger partial charge is 1.00 e. The molecule has 0 saturated carbocycles. The summed E-state index contributed by atoms with van der Waals surface area (Å²) in [6.07, 6.45) is 3.85. The molecule has 3 heteroatoms. The van der Waals surface area contributed by atoms with Gasteiger partial charge in [-0.25, -0.2) is 4.58 Å². The normalized spacial score (nSPS) is 10.9. The van der Waals surface area contributed by atoms with Gasteiger partial charge in [-0.3, -0.25) is 0 Å². The van der Waals surface area contributed by atoms with Gasteiger partial charge in [0.15, 0.2) is 6.21 Å². The van der Waals surface area contributed by atoms with Crippen LogP contribution in [0.5, 0.6) is 0 Å². The summed E-state index contributed by atoms with van der Waals surface area (Å²) in [6, 6.07) is 14.5. The topological polar surface area (TPSA) is 3.01 Å². The molecule has 0 radical (unpaired) electrons. The molecule has 18 heavy (non-hydrogen) atoms. The van der Waals surface area contributed by atoms with E-state index in [0.717, 1.165) is 10.6 Å². The maximum atomic E-state index is 6.25. The third kappa shape index (κ3) is 3.59. The van der Waals surface area contributed by atoms with Crippen molar-refractivity contribution in [1.82, 2.24) is 0 Å². The van der Waals surface area contributed by atoms with Gasteiger partial charge in [-0.15, -0.1) is 0 Å². The fraction of sp³-hybridized carbons (Fsp3) is 0.133. The Hall–Kier alpha value is -1.31. The van der Waals surface area contributed by atoms with Crippen molar-refractivity contribution in [2.24, 2.45) is 0 Å². The van der Waals surface area contributed by atoms with E-state index in [1.165, 1.54) is 10.8 Å². The van der Waals surface area contributed by atoms with Crippen molar-refractivity contribution < 1.29 is 17.0 Å². The summed E-state index contributed by atoms with van der Waals surface area (Å²) in [6.45, 7) is 0. The van der Waals surface area contributed by atoms with Gasteiger partial charge >= 0.3 is 0 Å². The monoisotopic (exact) mass is 279 g/mol. The van der Waals surface area contributed by atoms with Crippen LogP contribution in [-0.4, -0.2) is 24.9 Å². The molecule has 0 aliphatic carbocycles. The molecule has 2 aromatic rings. The molecule has 2 aromatic carbocycles. The summed E-state index contributed by atoms with van der Waals surface area (Å²) < 4.78 is 1.96. The lowest BCUT2D eigenvalue weighted by molar-refractivity contribution is -0.458. The van der Waals surface area contributed by atoms with Crippen LogP contribution in [-0.2, 0) is 0 Å². The Labute approximate surface area is 119 Å². The highest BCUT2D eigenvalue weighted by Gasteiger charge is 1.99. The summed E-state index contributed by atoms with van der Waals surface area (Å²) in [5, 5.41) is 3.20. The van der Waals surface area contributed by atoms with Gasteiger partial charge < -0.3 is 12.4 Å². The third-order valence-corrected chi connectivity index (χ3v) is 2.89. The fourth-order valence-corrected chi connectivity index (χ4v) is 1.82. The third-order valence-electron chi connectivity index (χ3n) is 2.54. The van der Waals surface area contributed by atoms with Gasteiger partial charge in [0, 0.05) is 6.08 Å². The quantitative estimate of drug-likeness (QED) is 0.564. The van der Waals surface area contributed by atoms with Crippen LogP contribution in [0.1, 0.15) is 5.56 Å². The van der Waals surface area contributed by atoms with E-state index in [1.807, 2.05) is 49.2 Å². The van der Waals surface area contributed by atoms with Crippen molar-refractivity contribution in [3.05, 3.63) is 54.1 Å². The van der Waals surface area contributed by atoms with Crippen molar-refractivity contribution in [3.8, 4) is 0 Å².